The topological polar surface area (TPSA) is 73.8 Å². The fourth-order valence-corrected chi connectivity index (χ4v) is 27.0. The highest BCUT2D eigenvalue weighted by Crippen LogP contribution is 2.50. The summed E-state index contributed by atoms with van der Waals surface area (Å²) >= 11 is 0. The zero-order valence-electron chi connectivity index (χ0n) is 26.9. The van der Waals surface area contributed by atoms with E-state index in [2.05, 4.69) is 53.9 Å². The van der Waals surface area contributed by atoms with Crippen LogP contribution in [0.3, 0.4) is 0 Å². The molecule has 8 nitrogen and oxygen atoms in total. The van der Waals surface area contributed by atoms with Gasteiger partial charge in [-0.2, -0.15) is 0 Å². The summed E-state index contributed by atoms with van der Waals surface area (Å²) in [6, 6.07) is 4.35. The summed E-state index contributed by atoms with van der Waals surface area (Å²) < 4.78 is 48.4. The molecule has 4 atom stereocenters. The van der Waals surface area contributed by atoms with Crippen LogP contribution < -0.4 is 0 Å². The van der Waals surface area contributed by atoms with Gasteiger partial charge < -0.3 is 35.4 Å². The number of hydrogen-bond acceptors (Lipinski definition) is 8. The Hall–Kier alpha value is 0.764. The first-order chi connectivity index (χ1) is 17.0. The van der Waals surface area contributed by atoms with Crippen LogP contribution in [-0.2, 0) is 35.4 Å². The highest BCUT2D eigenvalue weighted by molar-refractivity contribution is 6.86. The minimum Gasteiger partial charge on any atom is -0.398 e. The minimum atomic E-state index is -2.37. The van der Waals surface area contributed by atoms with Crippen molar-refractivity contribution in [1.82, 2.24) is 0 Å². The predicted molar refractivity (Wildman–Crippen MR) is 165 cm³/mol. The van der Waals surface area contributed by atoms with Gasteiger partial charge in [0.1, 0.15) is 0 Å². The molecule has 0 rings (SSSR count). The van der Waals surface area contributed by atoms with E-state index in [9.17, 15) is 0 Å². The standard InChI is InChI=1S/C24H60O8Si5/c1-21(33(13,25-5)26-6)17-37(18-22(2)34(14,27-7)28-8,19-23(3)35(15,29-9)30-10)20-24(4)36(16,31-11)32-12/h21-24H,17-20H2,1-16H3. The molecule has 0 saturated carbocycles. The van der Waals surface area contributed by atoms with Crippen molar-refractivity contribution >= 4 is 42.3 Å². The molecular weight excluding hydrogens is 557 g/mol. The quantitative estimate of drug-likeness (QED) is 0.144. The zero-order chi connectivity index (χ0) is 29.3. The van der Waals surface area contributed by atoms with Crippen LogP contribution in [0.25, 0.3) is 0 Å². The van der Waals surface area contributed by atoms with Crippen molar-refractivity contribution in [3.05, 3.63) is 0 Å². The lowest BCUT2D eigenvalue weighted by atomic mass is 10.5. The van der Waals surface area contributed by atoms with E-state index in [1.54, 1.807) is 56.9 Å². The lowest BCUT2D eigenvalue weighted by molar-refractivity contribution is 0.237. The molecule has 37 heavy (non-hydrogen) atoms. The monoisotopic (exact) mass is 616 g/mol. The molecule has 224 valence electrons. The first kappa shape index (κ1) is 37.8. The zero-order valence-corrected chi connectivity index (χ0v) is 31.9. The molecule has 4 unspecified atom stereocenters. The molecular formula is C24H60O8Si5. The Bertz CT molecular complexity index is 533. The van der Waals surface area contributed by atoms with Gasteiger partial charge in [0, 0.05) is 56.9 Å². The van der Waals surface area contributed by atoms with Crippen LogP contribution in [-0.4, -0.2) is 99.2 Å². The van der Waals surface area contributed by atoms with E-state index in [4.69, 9.17) is 35.4 Å². The average Bonchev–Trinajstić information content (AvgIpc) is 2.90. The second-order valence-electron chi connectivity index (χ2n) is 11.6. The van der Waals surface area contributed by atoms with Crippen molar-refractivity contribution in [1.29, 1.82) is 0 Å². The minimum absolute atomic E-state index is 0.315. The first-order valence-corrected chi connectivity index (χ1v) is 25.8. The normalized spacial score (nSPS) is 18.8. The summed E-state index contributed by atoms with van der Waals surface area (Å²) in [6.45, 7) is 18.0. The van der Waals surface area contributed by atoms with Gasteiger partial charge in [-0.1, -0.05) is 51.9 Å². The van der Waals surface area contributed by atoms with Crippen LogP contribution in [0.1, 0.15) is 27.7 Å². The van der Waals surface area contributed by atoms with E-state index in [0.29, 0.717) is 22.2 Å². The predicted octanol–water partition coefficient (Wildman–Crippen LogP) is 6.45. The Balaban J connectivity index is 6.95. The van der Waals surface area contributed by atoms with Gasteiger partial charge in [-0.3, -0.25) is 0 Å². The fourth-order valence-electron chi connectivity index (χ4n) is 5.78. The summed E-state index contributed by atoms with van der Waals surface area (Å²) in [5.41, 5.74) is 1.26. The third-order valence-corrected chi connectivity index (χ3v) is 31.8. The van der Waals surface area contributed by atoms with Crippen molar-refractivity contribution < 1.29 is 35.4 Å². The second kappa shape index (κ2) is 15.7. The van der Waals surface area contributed by atoms with E-state index in [-0.39, 0.29) is 0 Å². The van der Waals surface area contributed by atoms with Crippen LogP contribution in [0.5, 0.6) is 0 Å². The summed E-state index contributed by atoms with van der Waals surface area (Å²) in [7, 11) is 2.76. The van der Waals surface area contributed by atoms with Crippen molar-refractivity contribution in [2.75, 3.05) is 56.9 Å². The lowest BCUT2D eigenvalue weighted by Crippen LogP contribution is -2.53. The van der Waals surface area contributed by atoms with E-state index >= 15 is 0 Å². The van der Waals surface area contributed by atoms with E-state index in [0.717, 1.165) is 24.2 Å². The molecule has 0 amide bonds. The lowest BCUT2D eigenvalue weighted by Gasteiger charge is -2.46. The van der Waals surface area contributed by atoms with Crippen LogP contribution in [0.4, 0.5) is 0 Å². The smallest absolute Gasteiger partial charge is 0.337 e. The van der Waals surface area contributed by atoms with Crippen LogP contribution >= 0.6 is 0 Å². The van der Waals surface area contributed by atoms with Crippen molar-refractivity contribution in [3.63, 3.8) is 0 Å². The van der Waals surface area contributed by atoms with Gasteiger partial charge in [-0.05, 0) is 48.4 Å². The largest absolute Gasteiger partial charge is 0.398 e. The van der Waals surface area contributed by atoms with Crippen LogP contribution in [0.15, 0.2) is 0 Å². The van der Waals surface area contributed by atoms with E-state index in [1.807, 2.05) is 0 Å². The molecule has 0 N–H and O–H groups in total. The molecule has 0 aliphatic carbocycles. The summed E-state index contributed by atoms with van der Waals surface area (Å²) in [5, 5.41) is 0. The molecule has 0 aliphatic rings. The SMILES string of the molecule is CO[Si](C)(OC)C(C)C[Si](CC(C)[Si](C)(OC)OC)(CC(C)[Si](C)(OC)OC)CC(C)[Si](C)(OC)OC. The van der Waals surface area contributed by atoms with Crippen LogP contribution in [0, 0.1) is 0 Å². The van der Waals surface area contributed by atoms with E-state index in [1.165, 1.54) is 0 Å². The molecule has 13 heteroatoms. The van der Waals surface area contributed by atoms with Gasteiger partial charge in [0.15, 0.2) is 0 Å². The fraction of sp³-hybridized carbons (Fsp3) is 1.00. The van der Waals surface area contributed by atoms with Gasteiger partial charge in [-0.15, -0.1) is 0 Å². The highest BCUT2D eigenvalue weighted by Gasteiger charge is 2.53. The molecule has 0 aromatic heterocycles. The molecule has 0 bridgehead atoms. The van der Waals surface area contributed by atoms with Gasteiger partial charge in [0.2, 0.25) is 0 Å². The summed E-state index contributed by atoms with van der Waals surface area (Å²) in [5.74, 6) is 0. The Kier molecular flexibility index (Phi) is 16.0. The van der Waals surface area contributed by atoms with Gasteiger partial charge in [0.05, 0.1) is 8.07 Å². The maximum Gasteiger partial charge on any atom is 0.337 e. The second-order valence-corrected chi connectivity index (χ2v) is 31.6. The van der Waals surface area contributed by atoms with Crippen molar-refractivity contribution in [3.8, 4) is 0 Å². The molecule has 0 heterocycles. The summed E-state index contributed by atoms with van der Waals surface area (Å²) in [4.78, 5) is 0. The highest BCUT2D eigenvalue weighted by atomic mass is 28.4. The average molecular weight is 617 g/mol. The Labute approximate surface area is 234 Å². The van der Waals surface area contributed by atoms with Crippen LogP contribution in [0.2, 0.25) is 72.5 Å². The third-order valence-electron chi connectivity index (χ3n) is 9.78. The molecule has 0 aromatic carbocycles. The Morgan fingerprint density at radius 3 is 0.595 bits per heavy atom. The molecule has 0 fully saturated rings. The maximum atomic E-state index is 6.06. The Morgan fingerprint density at radius 1 is 0.351 bits per heavy atom. The van der Waals surface area contributed by atoms with Crippen molar-refractivity contribution in [2.24, 2.45) is 0 Å². The molecule has 0 radical (unpaired) electrons. The number of hydrogen-bond donors (Lipinski definition) is 0. The maximum absolute atomic E-state index is 6.06. The molecule has 0 spiro atoms. The van der Waals surface area contributed by atoms with Gasteiger partial charge in [-0.25, -0.2) is 0 Å². The molecule has 0 aromatic rings. The molecule has 0 aliphatic heterocycles. The Morgan fingerprint density at radius 2 is 0.486 bits per heavy atom. The first-order valence-electron chi connectivity index (χ1n) is 13.4. The third kappa shape index (κ3) is 9.40. The van der Waals surface area contributed by atoms with E-state index < -0.39 is 42.3 Å². The number of rotatable bonds is 20. The van der Waals surface area contributed by atoms with Crippen molar-refractivity contribution in [2.45, 2.75) is 100 Å². The molecule has 0 saturated heterocycles. The van der Waals surface area contributed by atoms with Gasteiger partial charge >= 0.3 is 34.2 Å². The van der Waals surface area contributed by atoms with Gasteiger partial charge in [0.25, 0.3) is 0 Å². The summed E-state index contributed by atoms with van der Waals surface area (Å²) in [6.07, 6.45) is 0.